The normalized spacial score (nSPS) is 11.0. The molecule has 0 amide bonds. The topological polar surface area (TPSA) is 43.8 Å². The first kappa shape index (κ1) is 9.02. The summed E-state index contributed by atoms with van der Waals surface area (Å²) in [4.78, 5) is 4.20. The summed E-state index contributed by atoms with van der Waals surface area (Å²) in [5, 5.41) is 0. The molecule has 0 saturated heterocycles. The summed E-state index contributed by atoms with van der Waals surface area (Å²) in [7, 11) is 1.89. The van der Waals surface area contributed by atoms with Crippen molar-refractivity contribution in [1.82, 2.24) is 9.55 Å². The molecule has 2 aromatic rings. The van der Waals surface area contributed by atoms with E-state index in [-0.39, 0.29) is 0 Å². The molecule has 13 heavy (non-hydrogen) atoms. The fraction of sp³-hybridized carbons (Fsp3) is 0.125. The van der Waals surface area contributed by atoms with Crippen molar-refractivity contribution in [3.05, 3.63) is 21.1 Å². The maximum Gasteiger partial charge on any atom is 0.200 e. The zero-order valence-corrected chi connectivity index (χ0v) is 10.1. The highest BCUT2D eigenvalue weighted by molar-refractivity contribution is 9.13. The molecule has 0 bridgehead atoms. The van der Waals surface area contributed by atoms with Crippen LogP contribution in [-0.4, -0.2) is 9.55 Å². The van der Waals surface area contributed by atoms with Crippen molar-refractivity contribution in [3.8, 4) is 0 Å². The van der Waals surface area contributed by atoms with Crippen LogP contribution in [-0.2, 0) is 7.05 Å². The maximum atomic E-state index is 5.67. The van der Waals surface area contributed by atoms with Crippen LogP contribution in [0.1, 0.15) is 0 Å². The van der Waals surface area contributed by atoms with Gasteiger partial charge in [0, 0.05) is 16.0 Å². The van der Waals surface area contributed by atoms with Crippen LogP contribution in [0.25, 0.3) is 11.0 Å². The van der Waals surface area contributed by atoms with Gasteiger partial charge in [-0.3, -0.25) is 0 Å². The monoisotopic (exact) mass is 303 g/mol. The quantitative estimate of drug-likeness (QED) is 0.813. The van der Waals surface area contributed by atoms with Gasteiger partial charge in [-0.05, 0) is 44.0 Å². The van der Waals surface area contributed by atoms with E-state index < -0.39 is 0 Å². The number of benzene rings is 1. The molecule has 1 heterocycles. The molecule has 3 nitrogen and oxygen atoms in total. The number of hydrogen-bond acceptors (Lipinski definition) is 2. The Morgan fingerprint density at radius 1 is 1.31 bits per heavy atom. The molecule has 0 aliphatic heterocycles. The van der Waals surface area contributed by atoms with Crippen molar-refractivity contribution in [3.63, 3.8) is 0 Å². The van der Waals surface area contributed by atoms with Gasteiger partial charge in [0.05, 0.1) is 11.0 Å². The number of aromatic nitrogens is 2. The molecule has 0 spiro atoms. The zero-order chi connectivity index (χ0) is 9.59. The van der Waals surface area contributed by atoms with E-state index in [0.29, 0.717) is 5.95 Å². The molecule has 5 heteroatoms. The predicted molar refractivity (Wildman–Crippen MR) is 60.5 cm³/mol. The van der Waals surface area contributed by atoms with Gasteiger partial charge in [0.1, 0.15) is 0 Å². The zero-order valence-electron chi connectivity index (χ0n) is 6.88. The van der Waals surface area contributed by atoms with Gasteiger partial charge in [0.25, 0.3) is 0 Å². The summed E-state index contributed by atoms with van der Waals surface area (Å²) in [5.41, 5.74) is 7.59. The highest BCUT2D eigenvalue weighted by Crippen LogP contribution is 2.28. The summed E-state index contributed by atoms with van der Waals surface area (Å²) in [6.07, 6.45) is 0. The summed E-state index contributed by atoms with van der Waals surface area (Å²) in [5.74, 6) is 0.528. The smallest absolute Gasteiger partial charge is 0.200 e. The summed E-state index contributed by atoms with van der Waals surface area (Å²) < 4.78 is 3.84. The number of nitrogen functional groups attached to an aromatic ring is 1. The van der Waals surface area contributed by atoms with E-state index in [0.717, 1.165) is 20.0 Å². The van der Waals surface area contributed by atoms with Crippen LogP contribution in [0.2, 0.25) is 0 Å². The number of nitrogens with zero attached hydrogens (tertiary/aromatic N) is 2. The van der Waals surface area contributed by atoms with Crippen LogP contribution in [0.15, 0.2) is 21.1 Å². The lowest BCUT2D eigenvalue weighted by atomic mass is 10.3. The second-order valence-electron chi connectivity index (χ2n) is 2.78. The third-order valence-corrected chi connectivity index (χ3v) is 3.80. The predicted octanol–water partition coefficient (Wildman–Crippen LogP) is 2.68. The average molecular weight is 305 g/mol. The number of hydrogen-bond donors (Lipinski definition) is 1. The van der Waals surface area contributed by atoms with Gasteiger partial charge in [0.2, 0.25) is 5.95 Å². The molecule has 68 valence electrons. The number of imidazole rings is 1. The van der Waals surface area contributed by atoms with Crippen molar-refractivity contribution in [2.75, 3.05) is 5.73 Å². The van der Waals surface area contributed by atoms with Gasteiger partial charge in [0.15, 0.2) is 0 Å². The number of nitrogens with two attached hydrogens (primary N) is 1. The van der Waals surface area contributed by atoms with Gasteiger partial charge in [-0.1, -0.05) is 0 Å². The maximum absolute atomic E-state index is 5.67. The van der Waals surface area contributed by atoms with Crippen LogP contribution < -0.4 is 5.73 Å². The Kier molecular flexibility index (Phi) is 2.08. The minimum absolute atomic E-state index is 0.528. The van der Waals surface area contributed by atoms with E-state index in [1.54, 1.807) is 0 Å². The highest BCUT2D eigenvalue weighted by atomic mass is 79.9. The Hall–Kier alpha value is -0.550. The molecule has 2 rings (SSSR count). The molecule has 0 aliphatic carbocycles. The van der Waals surface area contributed by atoms with Crippen LogP contribution in [0, 0.1) is 0 Å². The number of halogens is 2. The van der Waals surface area contributed by atoms with Crippen molar-refractivity contribution < 1.29 is 0 Å². The van der Waals surface area contributed by atoms with Gasteiger partial charge in [-0.2, -0.15) is 0 Å². The van der Waals surface area contributed by atoms with Crippen LogP contribution in [0.4, 0.5) is 5.95 Å². The third-order valence-electron chi connectivity index (χ3n) is 1.96. The van der Waals surface area contributed by atoms with Crippen molar-refractivity contribution in [2.45, 2.75) is 0 Å². The van der Waals surface area contributed by atoms with Crippen molar-refractivity contribution in [1.29, 1.82) is 0 Å². The van der Waals surface area contributed by atoms with E-state index in [1.807, 2.05) is 23.7 Å². The van der Waals surface area contributed by atoms with Crippen LogP contribution in [0.5, 0.6) is 0 Å². The number of aryl methyl sites for hydroxylation is 1. The largest absolute Gasteiger partial charge is 0.369 e. The fourth-order valence-electron chi connectivity index (χ4n) is 1.21. The van der Waals surface area contributed by atoms with E-state index in [9.17, 15) is 0 Å². The van der Waals surface area contributed by atoms with E-state index in [2.05, 4.69) is 36.8 Å². The molecule has 0 saturated carbocycles. The second-order valence-corrected chi connectivity index (χ2v) is 4.49. The lowest BCUT2D eigenvalue weighted by Gasteiger charge is -1.98. The molecule has 0 radical (unpaired) electrons. The van der Waals surface area contributed by atoms with Crippen LogP contribution >= 0.6 is 31.9 Å². The van der Waals surface area contributed by atoms with E-state index in [1.165, 1.54) is 0 Å². The molecule has 1 aromatic heterocycles. The Balaban J connectivity index is 2.89. The Morgan fingerprint density at radius 2 is 1.92 bits per heavy atom. The molecule has 0 aliphatic rings. The Bertz CT molecular complexity index is 476. The fourth-order valence-corrected chi connectivity index (χ4v) is 1.87. The summed E-state index contributed by atoms with van der Waals surface area (Å²) in [6, 6.07) is 3.93. The minimum atomic E-state index is 0.528. The number of rotatable bonds is 0. The summed E-state index contributed by atoms with van der Waals surface area (Å²) >= 11 is 6.84. The lowest BCUT2D eigenvalue weighted by Crippen LogP contribution is -1.95. The van der Waals surface area contributed by atoms with Crippen LogP contribution in [0.3, 0.4) is 0 Å². The average Bonchev–Trinajstić information content (AvgIpc) is 2.32. The molecule has 0 fully saturated rings. The molecular formula is C8H7Br2N3. The van der Waals surface area contributed by atoms with Crippen molar-refractivity contribution in [2.24, 2.45) is 7.05 Å². The first-order valence-electron chi connectivity index (χ1n) is 3.66. The van der Waals surface area contributed by atoms with Gasteiger partial charge in [-0.15, -0.1) is 0 Å². The highest BCUT2D eigenvalue weighted by Gasteiger charge is 2.07. The molecule has 2 N–H and O–H groups in total. The minimum Gasteiger partial charge on any atom is -0.369 e. The van der Waals surface area contributed by atoms with E-state index >= 15 is 0 Å². The molecular weight excluding hydrogens is 298 g/mol. The SMILES string of the molecule is Cn1c(N)nc2cc(Br)c(Br)cc21. The number of fused-ring (bicyclic) bond motifs is 1. The Labute approximate surface area is 92.2 Å². The van der Waals surface area contributed by atoms with Gasteiger partial charge >= 0.3 is 0 Å². The number of anilines is 1. The second kappa shape index (κ2) is 2.99. The third kappa shape index (κ3) is 1.36. The molecule has 1 aromatic carbocycles. The van der Waals surface area contributed by atoms with Crippen molar-refractivity contribution >= 4 is 48.8 Å². The van der Waals surface area contributed by atoms with Gasteiger partial charge < -0.3 is 10.3 Å². The first-order valence-corrected chi connectivity index (χ1v) is 5.25. The standard InChI is InChI=1S/C8H7Br2N3/c1-13-7-3-5(10)4(9)2-6(7)12-8(13)11/h2-3H,1H3,(H2,11,12). The Morgan fingerprint density at radius 3 is 2.62 bits per heavy atom. The summed E-state index contributed by atoms with van der Waals surface area (Å²) in [6.45, 7) is 0. The molecule has 0 unspecified atom stereocenters. The first-order chi connectivity index (χ1) is 6.09. The lowest BCUT2D eigenvalue weighted by molar-refractivity contribution is 0.965. The van der Waals surface area contributed by atoms with E-state index in [4.69, 9.17) is 5.73 Å². The molecule has 0 atom stereocenters. The van der Waals surface area contributed by atoms with Gasteiger partial charge in [-0.25, -0.2) is 4.98 Å².